The van der Waals surface area contributed by atoms with Gasteiger partial charge in [0.2, 0.25) is 0 Å². The van der Waals surface area contributed by atoms with E-state index in [0.29, 0.717) is 37.9 Å². The van der Waals surface area contributed by atoms with Crippen molar-refractivity contribution in [1.29, 1.82) is 5.26 Å². The third-order valence-corrected chi connectivity index (χ3v) is 9.36. The molecule has 31 heavy (non-hydrogen) atoms. The summed E-state index contributed by atoms with van der Waals surface area (Å²) < 4.78 is 0. The van der Waals surface area contributed by atoms with Gasteiger partial charge in [-0.2, -0.15) is 5.26 Å². The molecule has 4 unspecified atom stereocenters. The third kappa shape index (κ3) is 1.75. The van der Waals surface area contributed by atoms with Gasteiger partial charge in [-0.15, -0.1) is 0 Å². The summed E-state index contributed by atoms with van der Waals surface area (Å²) in [6.07, 6.45) is 2.17. The zero-order valence-electron chi connectivity index (χ0n) is 18.3. The minimum atomic E-state index is -0.964. The average molecular weight is 421 g/mol. The van der Waals surface area contributed by atoms with Gasteiger partial charge >= 0.3 is 6.03 Å². The van der Waals surface area contributed by atoms with Gasteiger partial charge in [-0.25, -0.2) is 4.79 Å². The molecule has 0 radical (unpaired) electrons. The van der Waals surface area contributed by atoms with Crippen molar-refractivity contribution in [2.75, 3.05) is 26.7 Å². The minimum Gasteiger partial charge on any atom is -0.387 e. The molecule has 2 aliphatic heterocycles. The van der Waals surface area contributed by atoms with E-state index in [1.807, 2.05) is 26.0 Å². The van der Waals surface area contributed by atoms with Crippen LogP contribution < -0.4 is 0 Å². The number of amides is 3. The SMILES string of the molecule is CCN1C(=O)N(CC)[C@]2(CCC3(O)C4N(C)CC45CC3(C2)c2cc(C#N)ccc25)C1=O. The lowest BCUT2D eigenvalue weighted by molar-refractivity contribution is -0.162. The van der Waals surface area contributed by atoms with E-state index in [-0.39, 0.29) is 23.4 Å². The molecule has 2 heterocycles. The first-order valence-electron chi connectivity index (χ1n) is 11.4. The molecule has 2 saturated heterocycles. The zero-order valence-corrected chi connectivity index (χ0v) is 18.3. The number of rotatable bonds is 2. The number of carbonyl (C=O) groups is 2. The lowest BCUT2D eigenvalue weighted by Gasteiger charge is -2.63. The van der Waals surface area contributed by atoms with Crippen molar-refractivity contribution in [2.45, 2.75) is 67.5 Å². The van der Waals surface area contributed by atoms with Gasteiger partial charge in [-0.1, -0.05) is 6.07 Å². The van der Waals surface area contributed by atoms with Crippen LogP contribution in [-0.2, 0) is 15.6 Å². The van der Waals surface area contributed by atoms with Gasteiger partial charge in [0.05, 0.1) is 17.2 Å². The van der Waals surface area contributed by atoms with Gasteiger partial charge in [-0.3, -0.25) is 14.6 Å². The topological polar surface area (TPSA) is 87.9 Å². The first-order chi connectivity index (χ1) is 14.7. The highest BCUT2D eigenvalue weighted by molar-refractivity contribution is 6.07. The van der Waals surface area contributed by atoms with Crippen molar-refractivity contribution in [1.82, 2.24) is 14.7 Å². The van der Waals surface area contributed by atoms with Crippen LogP contribution in [-0.4, -0.2) is 75.6 Å². The Morgan fingerprint density at radius 1 is 1.16 bits per heavy atom. The van der Waals surface area contributed by atoms with E-state index >= 15 is 0 Å². The van der Waals surface area contributed by atoms with Crippen molar-refractivity contribution in [3.63, 3.8) is 0 Å². The van der Waals surface area contributed by atoms with Gasteiger partial charge in [-0.05, 0) is 69.8 Å². The first kappa shape index (κ1) is 19.3. The average Bonchev–Trinajstić information content (AvgIpc) is 3.21. The molecule has 1 aromatic rings. The molecule has 5 atom stereocenters. The van der Waals surface area contributed by atoms with Crippen LogP contribution in [0.5, 0.6) is 0 Å². The number of likely N-dealkylation sites (N-methyl/N-ethyl adjacent to an activating group) is 3. The lowest BCUT2D eigenvalue weighted by Crippen LogP contribution is -2.75. The van der Waals surface area contributed by atoms with Crippen molar-refractivity contribution in [2.24, 2.45) is 0 Å². The molecule has 2 saturated carbocycles. The van der Waals surface area contributed by atoms with E-state index in [1.165, 1.54) is 10.5 Å². The Kier molecular flexibility index (Phi) is 3.41. The summed E-state index contributed by atoms with van der Waals surface area (Å²) in [5, 5.41) is 21.8. The number of nitrogens with zero attached hydrogens (tertiary/aromatic N) is 4. The van der Waals surface area contributed by atoms with E-state index in [2.05, 4.69) is 24.1 Å². The Bertz CT molecular complexity index is 1100. The van der Waals surface area contributed by atoms with Crippen LogP contribution >= 0.6 is 0 Å². The Morgan fingerprint density at radius 2 is 1.94 bits per heavy atom. The summed E-state index contributed by atoms with van der Waals surface area (Å²) in [5.74, 6) is -0.121. The van der Waals surface area contributed by atoms with Crippen LogP contribution in [0.25, 0.3) is 0 Å². The predicted molar refractivity (Wildman–Crippen MR) is 112 cm³/mol. The van der Waals surface area contributed by atoms with Gasteiger partial charge in [0.1, 0.15) is 5.54 Å². The monoisotopic (exact) mass is 420 g/mol. The summed E-state index contributed by atoms with van der Waals surface area (Å²) in [6, 6.07) is 7.94. The molecule has 162 valence electrons. The number of likely N-dealkylation sites (tertiary alicyclic amines) is 1. The predicted octanol–water partition coefficient (Wildman–Crippen LogP) is 1.72. The highest BCUT2D eigenvalue weighted by Gasteiger charge is 2.83. The number of imide groups is 1. The van der Waals surface area contributed by atoms with E-state index in [1.54, 1.807) is 4.90 Å². The van der Waals surface area contributed by atoms with Crippen molar-refractivity contribution in [3.8, 4) is 6.07 Å². The smallest absolute Gasteiger partial charge is 0.327 e. The molecule has 5 aliphatic rings. The van der Waals surface area contributed by atoms with Crippen LogP contribution in [0.2, 0.25) is 0 Å². The zero-order chi connectivity index (χ0) is 22.0. The highest BCUT2D eigenvalue weighted by Crippen LogP contribution is 2.75. The second-order valence-electron chi connectivity index (χ2n) is 10.3. The number of urea groups is 1. The van der Waals surface area contributed by atoms with Gasteiger partial charge in [0.25, 0.3) is 5.91 Å². The maximum absolute atomic E-state index is 13.7. The molecule has 0 aromatic heterocycles. The van der Waals surface area contributed by atoms with E-state index in [4.69, 9.17) is 0 Å². The van der Waals surface area contributed by atoms with E-state index in [0.717, 1.165) is 18.5 Å². The van der Waals surface area contributed by atoms with Crippen LogP contribution in [0.1, 0.15) is 56.2 Å². The largest absolute Gasteiger partial charge is 0.387 e. The maximum Gasteiger partial charge on any atom is 0.327 e. The number of fused-ring (bicyclic) bond motifs is 2. The Morgan fingerprint density at radius 3 is 2.58 bits per heavy atom. The molecule has 3 spiro atoms. The Labute approximate surface area is 182 Å². The second kappa shape index (κ2) is 5.48. The maximum atomic E-state index is 13.7. The lowest BCUT2D eigenvalue weighted by atomic mass is 9.52. The fourth-order valence-corrected chi connectivity index (χ4v) is 8.54. The molecule has 3 amide bonds. The summed E-state index contributed by atoms with van der Waals surface area (Å²) in [7, 11) is 2.07. The quantitative estimate of drug-likeness (QED) is 0.736. The van der Waals surface area contributed by atoms with Crippen molar-refractivity contribution >= 4 is 11.9 Å². The first-order valence-corrected chi connectivity index (χ1v) is 11.4. The Hall–Kier alpha value is -2.43. The molecule has 7 nitrogen and oxygen atoms in total. The van der Waals surface area contributed by atoms with Gasteiger partial charge < -0.3 is 10.0 Å². The van der Waals surface area contributed by atoms with Crippen LogP contribution in [0.3, 0.4) is 0 Å². The van der Waals surface area contributed by atoms with Gasteiger partial charge in [0.15, 0.2) is 0 Å². The summed E-state index contributed by atoms with van der Waals surface area (Å²) in [5.41, 5.74) is 0.199. The van der Waals surface area contributed by atoms with Gasteiger partial charge in [0, 0.05) is 36.5 Å². The second-order valence-corrected chi connectivity index (χ2v) is 10.3. The normalized spacial score (nSPS) is 42.5. The molecular weight excluding hydrogens is 392 g/mol. The number of hydrogen-bond donors (Lipinski definition) is 1. The van der Waals surface area contributed by atoms with Crippen molar-refractivity contribution in [3.05, 3.63) is 34.9 Å². The van der Waals surface area contributed by atoms with Crippen molar-refractivity contribution < 1.29 is 14.7 Å². The third-order valence-electron chi connectivity index (χ3n) is 9.36. The summed E-state index contributed by atoms with van der Waals surface area (Å²) in [4.78, 5) is 32.1. The van der Waals surface area contributed by atoms with Crippen LogP contribution in [0.15, 0.2) is 18.2 Å². The molecule has 1 aromatic carbocycles. The van der Waals surface area contributed by atoms with Crippen LogP contribution in [0.4, 0.5) is 4.79 Å². The molecule has 2 bridgehead atoms. The fraction of sp³-hybridized carbons (Fsp3) is 0.625. The highest BCUT2D eigenvalue weighted by atomic mass is 16.3. The number of hydrogen-bond acceptors (Lipinski definition) is 5. The van der Waals surface area contributed by atoms with Crippen LogP contribution in [0, 0.1) is 11.3 Å². The number of nitriles is 1. The Balaban J connectivity index is 1.58. The van der Waals surface area contributed by atoms with E-state index in [9.17, 15) is 20.0 Å². The van der Waals surface area contributed by atoms with E-state index < -0.39 is 16.6 Å². The summed E-state index contributed by atoms with van der Waals surface area (Å²) >= 11 is 0. The number of carbonyl (C=O) groups excluding carboxylic acids is 2. The molecule has 3 aliphatic carbocycles. The molecule has 7 heteroatoms. The molecular formula is C24H28N4O3. The summed E-state index contributed by atoms with van der Waals surface area (Å²) in [6.45, 7) is 5.46. The minimum absolute atomic E-state index is 0.0161. The molecule has 1 N–H and O–H groups in total. The molecule has 6 rings (SSSR count). The number of benzene rings is 1. The fourth-order valence-electron chi connectivity index (χ4n) is 8.54. The molecule has 4 fully saturated rings. The number of aliphatic hydroxyl groups is 1. The standard InChI is InChI=1S/C24H28N4O3/c1-4-27-19(29)23(28(5-2)20(27)30)8-9-24(31)18-21(14-26(18)3)12-22(24,13-23)17-10-15(11-25)6-7-16(17)21/h6-7,10,18,31H,4-5,8-9,12-14H2,1-3H3/t18?,21?,22?,23-,24?/m0/s1.